The van der Waals surface area contributed by atoms with E-state index in [2.05, 4.69) is 5.32 Å². The Labute approximate surface area is 139 Å². The molecule has 0 aliphatic rings. The first-order valence-corrected chi connectivity index (χ1v) is 7.37. The fourth-order valence-electron chi connectivity index (χ4n) is 2.03. The number of benzene rings is 2. The van der Waals surface area contributed by atoms with Gasteiger partial charge in [-0.15, -0.1) is 0 Å². The van der Waals surface area contributed by atoms with Crippen LogP contribution in [0.15, 0.2) is 48.5 Å². The van der Waals surface area contributed by atoms with Gasteiger partial charge >= 0.3 is 5.97 Å². The monoisotopic (exact) mass is 331 g/mol. The van der Waals surface area contributed by atoms with Crippen molar-refractivity contribution in [1.82, 2.24) is 5.32 Å². The van der Waals surface area contributed by atoms with Gasteiger partial charge in [0.2, 0.25) is 0 Å². The number of hydrogen-bond donors (Lipinski definition) is 1. The molecule has 0 saturated heterocycles. The van der Waals surface area contributed by atoms with Crippen LogP contribution in [0.3, 0.4) is 0 Å². The second-order valence-corrected chi connectivity index (χ2v) is 5.06. The molecule has 1 N–H and O–H groups in total. The minimum atomic E-state index is -0.524. The predicted octanol–water partition coefficient (Wildman–Crippen LogP) is 2.24. The van der Waals surface area contributed by atoms with Crippen LogP contribution in [0.1, 0.15) is 11.1 Å². The average Bonchev–Trinajstić information content (AvgIpc) is 2.59. The quantitative estimate of drug-likeness (QED) is 0.790. The Balaban J connectivity index is 1.75. The van der Waals surface area contributed by atoms with E-state index in [1.807, 2.05) is 0 Å². The summed E-state index contributed by atoms with van der Waals surface area (Å²) in [6.07, 6.45) is 0.0395. The molecule has 0 atom stereocenters. The summed E-state index contributed by atoms with van der Waals surface area (Å²) in [7, 11) is 1.54. The molecule has 0 aromatic heterocycles. The molecule has 0 radical (unpaired) electrons. The number of esters is 1. The van der Waals surface area contributed by atoms with Crippen molar-refractivity contribution in [2.45, 2.75) is 13.0 Å². The molecule has 0 bridgehead atoms. The average molecular weight is 331 g/mol. The van der Waals surface area contributed by atoms with Crippen molar-refractivity contribution in [2.24, 2.45) is 0 Å². The molecule has 5 nitrogen and oxygen atoms in total. The van der Waals surface area contributed by atoms with E-state index in [0.29, 0.717) is 11.3 Å². The number of rotatable bonds is 7. The number of hydrogen-bond acceptors (Lipinski definition) is 4. The predicted molar refractivity (Wildman–Crippen MR) is 85.9 cm³/mol. The number of carbonyl (C=O) groups is 2. The van der Waals surface area contributed by atoms with E-state index in [1.54, 1.807) is 42.5 Å². The highest BCUT2D eigenvalue weighted by Crippen LogP contribution is 2.13. The highest BCUT2D eigenvalue weighted by atomic mass is 19.1. The Morgan fingerprint density at radius 2 is 1.92 bits per heavy atom. The molecule has 2 aromatic carbocycles. The van der Waals surface area contributed by atoms with E-state index >= 15 is 0 Å². The zero-order valence-electron chi connectivity index (χ0n) is 13.3. The summed E-state index contributed by atoms with van der Waals surface area (Å²) < 4.78 is 23.4. The number of ether oxygens (including phenoxy) is 2. The summed E-state index contributed by atoms with van der Waals surface area (Å²) in [5.41, 5.74) is 1.10. The van der Waals surface area contributed by atoms with Crippen LogP contribution in [-0.2, 0) is 27.3 Å². The maximum absolute atomic E-state index is 13.4. The lowest BCUT2D eigenvalue weighted by Crippen LogP contribution is -2.29. The lowest BCUT2D eigenvalue weighted by Gasteiger charge is -2.08. The van der Waals surface area contributed by atoms with Crippen molar-refractivity contribution >= 4 is 11.9 Å². The molecule has 0 aliphatic heterocycles. The Bertz CT molecular complexity index is 718. The molecule has 0 heterocycles. The SMILES string of the molecule is COc1cccc(CC(=O)OCC(=O)NCc2ccccc2F)c1. The van der Waals surface area contributed by atoms with Gasteiger partial charge in [-0.25, -0.2) is 4.39 Å². The summed E-state index contributed by atoms with van der Waals surface area (Å²) in [6, 6.07) is 13.2. The molecule has 2 aromatic rings. The number of methoxy groups -OCH3 is 1. The van der Waals surface area contributed by atoms with Gasteiger partial charge in [0.15, 0.2) is 6.61 Å². The summed E-state index contributed by atoms with van der Waals surface area (Å²) in [4.78, 5) is 23.4. The van der Waals surface area contributed by atoms with E-state index < -0.39 is 24.3 Å². The highest BCUT2D eigenvalue weighted by molar-refractivity contribution is 5.81. The first kappa shape index (κ1) is 17.5. The molecule has 0 saturated carbocycles. The van der Waals surface area contributed by atoms with Crippen molar-refractivity contribution in [3.63, 3.8) is 0 Å². The molecular weight excluding hydrogens is 313 g/mol. The maximum atomic E-state index is 13.4. The molecule has 2 rings (SSSR count). The smallest absolute Gasteiger partial charge is 0.310 e. The Morgan fingerprint density at radius 1 is 1.12 bits per heavy atom. The van der Waals surface area contributed by atoms with Crippen LogP contribution in [-0.4, -0.2) is 25.6 Å². The first-order valence-electron chi connectivity index (χ1n) is 7.37. The van der Waals surface area contributed by atoms with Crippen molar-refractivity contribution in [3.05, 3.63) is 65.5 Å². The van der Waals surface area contributed by atoms with Crippen LogP contribution in [0.4, 0.5) is 4.39 Å². The van der Waals surface area contributed by atoms with Crippen LogP contribution in [0.2, 0.25) is 0 Å². The van der Waals surface area contributed by atoms with E-state index in [9.17, 15) is 14.0 Å². The summed E-state index contributed by atoms with van der Waals surface area (Å²) in [6.45, 7) is -0.365. The molecule has 0 unspecified atom stereocenters. The number of carbonyl (C=O) groups excluding carboxylic acids is 2. The Hall–Kier alpha value is -2.89. The third-order valence-electron chi connectivity index (χ3n) is 3.28. The largest absolute Gasteiger partial charge is 0.497 e. The van der Waals surface area contributed by atoms with Gasteiger partial charge in [-0.05, 0) is 23.8 Å². The molecule has 0 spiro atoms. The zero-order valence-corrected chi connectivity index (χ0v) is 13.3. The van der Waals surface area contributed by atoms with Crippen molar-refractivity contribution in [3.8, 4) is 5.75 Å². The van der Waals surface area contributed by atoms with Gasteiger partial charge in [0, 0.05) is 12.1 Å². The molecule has 24 heavy (non-hydrogen) atoms. The van der Waals surface area contributed by atoms with Gasteiger partial charge in [0.1, 0.15) is 11.6 Å². The van der Waals surface area contributed by atoms with E-state index in [4.69, 9.17) is 9.47 Å². The molecule has 0 fully saturated rings. The number of nitrogens with one attached hydrogen (secondary N) is 1. The number of halogens is 1. The van der Waals surface area contributed by atoms with Gasteiger partial charge in [-0.1, -0.05) is 30.3 Å². The zero-order chi connectivity index (χ0) is 17.4. The van der Waals surface area contributed by atoms with E-state index in [1.165, 1.54) is 13.2 Å². The van der Waals surface area contributed by atoms with Crippen molar-refractivity contribution in [2.75, 3.05) is 13.7 Å². The third kappa shape index (κ3) is 5.39. The van der Waals surface area contributed by atoms with Crippen LogP contribution in [0, 0.1) is 5.82 Å². The normalized spacial score (nSPS) is 10.1. The minimum absolute atomic E-state index is 0.0395. The second-order valence-electron chi connectivity index (χ2n) is 5.06. The summed E-state index contributed by atoms with van der Waals surface area (Å²) in [5, 5.41) is 2.50. The standard InChI is InChI=1S/C18H18FNO4/c1-23-15-7-4-5-13(9-15)10-18(22)24-12-17(21)20-11-14-6-2-3-8-16(14)19/h2-9H,10-12H2,1H3,(H,20,21). The Kier molecular flexibility index (Phi) is 6.31. The summed E-state index contributed by atoms with van der Waals surface area (Å²) >= 11 is 0. The molecule has 6 heteroatoms. The van der Waals surface area contributed by atoms with Crippen LogP contribution < -0.4 is 10.1 Å². The van der Waals surface area contributed by atoms with Gasteiger partial charge in [-0.2, -0.15) is 0 Å². The van der Waals surface area contributed by atoms with Gasteiger partial charge in [0.05, 0.1) is 13.5 Å². The fourth-order valence-corrected chi connectivity index (χ4v) is 2.03. The first-order chi connectivity index (χ1) is 11.6. The minimum Gasteiger partial charge on any atom is -0.497 e. The van der Waals surface area contributed by atoms with Crippen LogP contribution in [0.5, 0.6) is 5.75 Å². The van der Waals surface area contributed by atoms with Crippen LogP contribution in [0.25, 0.3) is 0 Å². The van der Waals surface area contributed by atoms with Gasteiger partial charge in [-0.3, -0.25) is 9.59 Å². The third-order valence-corrected chi connectivity index (χ3v) is 3.28. The van der Waals surface area contributed by atoms with Crippen molar-refractivity contribution in [1.29, 1.82) is 0 Å². The lowest BCUT2D eigenvalue weighted by molar-refractivity contribution is -0.147. The van der Waals surface area contributed by atoms with Gasteiger partial charge < -0.3 is 14.8 Å². The van der Waals surface area contributed by atoms with Gasteiger partial charge in [0.25, 0.3) is 5.91 Å². The second kappa shape index (κ2) is 8.67. The molecule has 0 aliphatic carbocycles. The molecule has 1 amide bonds. The molecule has 126 valence electrons. The molecular formula is C18H18FNO4. The lowest BCUT2D eigenvalue weighted by atomic mass is 10.1. The van der Waals surface area contributed by atoms with Crippen LogP contribution >= 0.6 is 0 Å². The Morgan fingerprint density at radius 3 is 2.67 bits per heavy atom. The van der Waals surface area contributed by atoms with E-state index in [0.717, 1.165) is 5.56 Å². The topological polar surface area (TPSA) is 64.6 Å². The van der Waals surface area contributed by atoms with Crippen molar-refractivity contribution < 1.29 is 23.5 Å². The summed E-state index contributed by atoms with van der Waals surface area (Å²) in [5.74, 6) is -0.766. The number of amides is 1. The fraction of sp³-hybridized carbons (Fsp3) is 0.222. The maximum Gasteiger partial charge on any atom is 0.310 e. The highest BCUT2D eigenvalue weighted by Gasteiger charge is 2.10. The van der Waals surface area contributed by atoms with E-state index in [-0.39, 0.29) is 13.0 Å².